The molecule has 0 unspecified atom stereocenters. The zero-order valence-corrected chi connectivity index (χ0v) is 13.4. The van der Waals surface area contributed by atoms with E-state index < -0.39 is 0 Å². The van der Waals surface area contributed by atoms with Crippen LogP contribution in [0.5, 0.6) is 11.6 Å². The number of benzene rings is 1. The second-order valence-electron chi connectivity index (χ2n) is 5.05. The maximum absolute atomic E-state index is 5.76. The summed E-state index contributed by atoms with van der Waals surface area (Å²) in [6.07, 6.45) is 0. The fourth-order valence-corrected chi connectivity index (χ4v) is 2.13. The lowest BCUT2D eigenvalue weighted by Crippen LogP contribution is -2.19. The minimum absolute atomic E-state index is 0.618. The van der Waals surface area contributed by atoms with Gasteiger partial charge in [-0.1, -0.05) is 41.9 Å². The van der Waals surface area contributed by atoms with Gasteiger partial charge in [-0.05, 0) is 36.7 Å². The Kier molecular flexibility index (Phi) is 5.56. The quantitative estimate of drug-likeness (QED) is 0.851. The molecule has 1 aromatic carbocycles. The number of ether oxygens (including phenoxy) is 1. The van der Waals surface area contributed by atoms with E-state index in [0.29, 0.717) is 11.8 Å². The van der Waals surface area contributed by atoms with Crippen LogP contribution in [0.2, 0.25) is 0 Å². The van der Waals surface area contributed by atoms with E-state index in [2.05, 4.69) is 40.1 Å². The van der Waals surface area contributed by atoms with Crippen molar-refractivity contribution in [2.75, 3.05) is 6.54 Å². The van der Waals surface area contributed by atoms with Gasteiger partial charge in [0.2, 0.25) is 5.88 Å². The molecule has 1 N–H and O–H groups in total. The Hall–Kier alpha value is -1.39. The van der Waals surface area contributed by atoms with Crippen molar-refractivity contribution < 1.29 is 4.74 Å². The van der Waals surface area contributed by atoms with Gasteiger partial charge in [0, 0.05) is 17.1 Å². The molecule has 0 amide bonds. The number of hydrogen-bond acceptors (Lipinski definition) is 3. The minimum Gasteiger partial charge on any atom is -0.439 e. The summed E-state index contributed by atoms with van der Waals surface area (Å²) in [6.45, 7) is 6.12. The van der Waals surface area contributed by atoms with Crippen molar-refractivity contribution in [2.24, 2.45) is 5.92 Å². The van der Waals surface area contributed by atoms with Crippen molar-refractivity contribution in [3.63, 3.8) is 0 Å². The summed E-state index contributed by atoms with van der Waals surface area (Å²) in [6, 6.07) is 13.6. The second kappa shape index (κ2) is 7.41. The number of rotatable bonds is 6. The smallest absolute Gasteiger partial charge is 0.219 e. The van der Waals surface area contributed by atoms with Crippen molar-refractivity contribution in [2.45, 2.75) is 20.4 Å². The molecule has 0 saturated carbocycles. The van der Waals surface area contributed by atoms with E-state index in [9.17, 15) is 0 Å². The van der Waals surface area contributed by atoms with Crippen LogP contribution >= 0.6 is 15.9 Å². The molecule has 0 fully saturated rings. The molecule has 4 heteroatoms. The standard InChI is InChI=1S/C16H19BrN2O/c1-12(2)10-18-11-14-6-4-8-16(19-14)20-15-7-3-5-13(17)9-15/h3-9,12,18H,10-11H2,1-2H3. The lowest BCUT2D eigenvalue weighted by Gasteiger charge is -2.09. The van der Waals surface area contributed by atoms with Crippen LogP contribution in [0.15, 0.2) is 46.9 Å². The fourth-order valence-electron chi connectivity index (χ4n) is 1.75. The van der Waals surface area contributed by atoms with E-state index in [0.717, 1.165) is 29.0 Å². The average molecular weight is 335 g/mol. The molecule has 1 aromatic heterocycles. The summed E-state index contributed by atoms with van der Waals surface area (Å²) in [4.78, 5) is 4.49. The van der Waals surface area contributed by atoms with Gasteiger partial charge < -0.3 is 10.1 Å². The summed E-state index contributed by atoms with van der Waals surface area (Å²) in [5.41, 5.74) is 0.984. The number of halogens is 1. The maximum Gasteiger partial charge on any atom is 0.219 e. The van der Waals surface area contributed by atoms with E-state index >= 15 is 0 Å². The van der Waals surface area contributed by atoms with Crippen molar-refractivity contribution in [1.29, 1.82) is 0 Å². The predicted molar refractivity (Wildman–Crippen MR) is 85.0 cm³/mol. The number of nitrogens with one attached hydrogen (secondary N) is 1. The van der Waals surface area contributed by atoms with E-state index in [-0.39, 0.29) is 0 Å². The zero-order chi connectivity index (χ0) is 14.4. The first kappa shape index (κ1) is 15.0. The van der Waals surface area contributed by atoms with E-state index in [4.69, 9.17) is 4.74 Å². The molecular weight excluding hydrogens is 316 g/mol. The molecule has 0 aliphatic rings. The summed E-state index contributed by atoms with van der Waals surface area (Å²) in [5.74, 6) is 2.03. The fraction of sp³-hybridized carbons (Fsp3) is 0.312. The van der Waals surface area contributed by atoms with Crippen LogP contribution in [0.25, 0.3) is 0 Å². The summed E-state index contributed by atoms with van der Waals surface area (Å²) in [5, 5.41) is 3.38. The molecule has 1 heterocycles. The third kappa shape index (κ3) is 4.94. The molecule has 0 radical (unpaired) electrons. The Bertz CT molecular complexity index is 558. The van der Waals surface area contributed by atoms with Crippen LogP contribution in [0.4, 0.5) is 0 Å². The number of aromatic nitrogens is 1. The van der Waals surface area contributed by atoms with E-state index in [1.54, 1.807) is 0 Å². The van der Waals surface area contributed by atoms with Crippen LogP contribution < -0.4 is 10.1 Å². The number of pyridine rings is 1. The molecule has 0 atom stereocenters. The van der Waals surface area contributed by atoms with Crippen molar-refractivity contribution in [1.82, 2.24) is 10.3 Å². The highest BCUT2D eigenvalue weighted by Gasteiger charge is 2.02. The molecule has 106 valence electrons. The normalized spacial score (nSPS) is 10.8. The van der Waals surface area contributed by atoms with E-state index in [1.165, 1.54) is 0 Å². The van der Waals surface area contributed by atoms with Gasteiger partial charge in [0.15, 0.2) is 0 Å². The minimum atomic E-state index is 0.618. The monoisotopic (exact) mass is 334 g/mol. The molecule has 2 aromatic rings. The summed E-state index contributed by atoms with van der Waals surface area (Å²) >= 11 is 3.43. The molecular formula is C16H19BrN2O. The Morgan fingerprint density at radius 1 is 1.20 bits per heavy atom. The largest absolute Gasteiger partial charge is 0.439 e. The van der Waals surface area contributed by atoms with Gasteiger partial charge in [0.25, 0.3) is 0 Å². The van der Waals surface area contributed by atoms with Crippen LogP contribution in [0, 0.1) is 5.92 Å². The molecule has 0 spiro atoms. The Morgan fingerprint density at radius 2 is 2.00 bits per heavy atom. The van der Waals surface area contributed by atoms with Crippen LogP contribution in [0.3, 0.4) is 0 Å². The molecule has 2 rings (SSSR count). The lowest BCUT2D eigenvalue weighted by atomic mass is 10.2. The molecule has 0 aliphatic heterocycles. The maximum atomic E-state index is 5.76. The average Bonchev–Trinajstić information content (AvgIpc) is 2.39. The third-order valence-electron chi connectivity index (χ3n) is 2.66. The summed E-state index contributed by atoms with van der Waals surface area (Å²) < 4.78 is 6.75. The van der Waals surface area contributed by atoms with E-state index in [1.807, 2.05) is 42.5 Å². The SMILES string of the molecule is CC(C)CNCc1cccc(Oc2cccc(Br)c2)n1. The van der Waals surface area contributed by atoms with Crippen molar-refractivity contribution in [3.05, 3.63) is 52.6 Å². The van der Waals surface area contributed by atoms with Gasteiger partial charge in [0.1, 0.15) is 5.75 Å². The Balaban J connectivity index is 1.99. The topological polar surface area (TPSA) is 34.1 Å². The molecule has 3 nitrogen and oxygen atoms in total. The second-order valence-corrected chi connectivity index (χ2v) is 5.97. The Labute approximate surface area is 128 Å². The molecule has 0 saturated heterocycles. The van der Waals surface area contributed by atoms with Crippen LogP contribution in [0.1, 0.15) is 19.5 Å². The highest BCUT2D eigenvalue weighted by Crippen LogP contribution is 2.23. The molecule has 20 heavy (non-hydrogen) atoms. The molecule has 0 aliphatic carbocycles. The first-order valence-electron chi connectivity index (χ1n) is 6.73. The number of nitrogens with zero attached hydrogens (tertiary/aromatic N) is 1. The van der Waals surface area contributed by atoms with Gasteiger partial charge in [-0.15, -0.1) is 0 Å². The van der Waals surface area contributed by atoms with Crippen molar-refractivity contribution >= 4 is 15.9 Å². The van der Waals surface area contributed by atoms with Gasteiger partial charge >= 0.3 is 0 Å². The number of hydrogen-bond donors (Lipinski definition) is 1. The lowest BCUT2D eigenvalue weighted by molar-refractivity contribution is 0.458. The first-order chi connectivity index (χ1) is 9.63. The summed E-state index contributed by atoms with van der Waals surface area (Å²) in [7, 11) is 0. The third-order valence-corrected chi connectivity index (χ3v) is 3.15. The van der Waals surface area contributed by atoms with Gasteiger partial charge in [-0.3, -0.25) is 0 Å². The van der Waals surface area contributed by atoms with Crippen LogP contribution in [-0.2, 0) is 6.54 Å². The highest BCUT2D eigenvalue weighted by molar-refractivity contribution is 9.10. The van der Waals surface area contributed by atoms with Gasteiger partial charge in [-0.2, -0.15) is 0 Å². The van der Waals surface area contributed by atoms with Crippen molar-refractivity contribution in [3.8, 4) is 11.6 Å². The predicted octanol–water partition coefficient (Wildman–Crippen LogP) is 4.38. The first-order valence-corrected chi connectivity index (χ1v) is 7.53. The van der Waals surface area contributed by atoms with Gasteiger partial charge in [0.05, 0.1) is 5.69 Å². The highest BCUT2D eigenvalue weighted by atomic mass is 79.9. The Morgan fingerprint density at radius 3 is 2.75 bits per heavy atom. The van der Waals surface area contributed by atoms with Crippen LogP contribution in [-0.4, -0.2) is 11.5 Å². The zero-order valence-electron chi connectivity index (χ0n) is 11.8. The molecule has 0 bridgehead atoms. The van der Waals surface area contributed by atoms with Gasteiger partial charge in [-0.25, -0.2) is 4.98 Å².